The molecule has 114 valence electrons. The lowest BCUT2D eigenvalue weighted by Gasteiger charge is -2.29. The van der Waals surface area contributed by atoms with Crippen LogP contribution in [0.3, 0.4) is 0 Å². The highest BCUT2D eigenvalue weighted by molar-refractivity contribution is 5.68. The average Bonchev–Trinajstić information content (AvgIpc) is 3.05. The van der Waals surface area contributed by atoms with Crippen molar-refractivity contribution in [1.82, 2.24) is 0 Å². The lowest BCUT2D eigenvalue weighted by Crippen LogP contribution is -2.33. The van der Waals surface area contributed by atoms with Gasteiger partial charge in [0.15, 0.2) is 0 Å². The Morgan fingerprint density at radius 1 is 1.32 bits per heavy atom. The van der Waals surface area contributed by atoms with Crippen molar-refractivity contribution in [3.05, 3.63) is 52.3 Å². The average molecular weight is 301 g/mol. The summed E-state index contributed by atoms with van der Waals surface area (Å²) in [6.45, 7) is 1.29. The third-order valence-corrected chi connectivity index (χ3v) is 3.54. The molecule has 22 heavy (non-hydrogen) atoms. The second kappa shape index (κ2) is 5.88. The summed E-state index contributed by atoms with van der Waals surface area (Å²) in [6, 6.07) is 10.5. The van der Waals surface area contributed by atoms with Crippen LogP contribution in [0, 0.1) is 10.1 Å². The van der Waals surface area contributed by atoms with Gasteiger partial charge in [-0.2, -0.15) is 0 Å². The monoisotopic (exact) mass is 301 g/mol. The largest absolute Gasteiger partial charge is 0.497 e. The van der Waals surface area contributed by atoms with E-state index >= 15 is 0 Å². The third-order valence-electron chi connectivity index (χ3n) is 3.54. The Hall–Kier alpha value is -2.83. The predicted molar refractivity (Wildman–Crippen MR) is 81.8 cm³/mol. The minimum atomic E-state index is -0.544. The Kier molecular flexibility index (Phi) is 3.78. The molecule has 0 saturated carbocycles. The summed E-state index contributed by atoms with van der Waals surface area (Å²) in [6.07, 6.45) is 1.80. The number of aliphatic imine (C=N–C) groups is 1. The molecule has 0 spiro atoms. The molecule has 2 heterocycles. The molecule has 1 atom stereocenters. The molecule has 1 aliphatic heterocycles. The van der Waals surface area contributed by atoms with Crippen LogP contribution < -0.4 is 9.64 Å². The maximum Gasteiger partial charge on any atom is 0.433 e. The van der Waals surface area contributed by atoms with Crippen LogP contribution >= 0.6 is 0 Å². The lowest BCUT2D eigenvalue weighted by atomic mass is 10.1. The molecule has 1 aromatic heterocycles. The summed E-state index contributed by atoms with van der Waals surface area (Å²) in [5.41, 5.74) is 1.04. The highest BCUT2D eigenvalue weighted by Crippen LogP contribution is 2.29. The molecule has 0 N–H and O–H groups in total. The number of hydrogen-bond acceptors (Lipinski definition) is 6. The van der Waals surface area contributed by atoms with Crippen LogP contribution in [0.1, 0.15) is 11.8 Å². The van der Waals surface area contributed by atoms with Crippen molar-refractivity contribution in [2.45, 2.75) is 6.04 Å². The summed E-state index contributed by atoms with van der Waals surface area (Å²) in [7, 11) is 1.63. The first-order valence-electron chi connectivity index (χ1n) is 6.82. The molecular formula is C15H15N3O4. The molecule has 1 aliphatic rings. The molecule has 2 aromatic rings. The van der Waals surface area contributed by atoms with Crippen LogP contribution in [0.15, 0.2) is 45.8 Å². The normalized spacial score (nSPS) is 17.5. The maximum atomic E-state index is 10.7. The number of anilines is 1. The Balaban J connectivity index is 1.76. The Labute approximate surface area is 127 Å². The van der Waals surface area contributed by atoms with E-state index in [-0.39, 0.29) is 11.9 Å². The van der Waals surface area contributed by atoms with E-state index in [2.05, 4.69) is 9.89 Å². The van der Waals surface area contributed by atoms with E-state index in [1.807, 2.05) is 24.3 Å². The van der Waals surface area contributed by atoms with Crippen LogP contribution in [-0.2, 0) is 0 Å². The molecule has 1 unspecified atom stereocenters. The smallest absolute Gasteiger partial charge is 0.433 e. The fraction of sp³-hybridized carbons (Fsp3) is 0.267. The van der Waals surface area contributed by atoms with Crippen LogP contribution in [0.2, 0.25) is 0 Å². The van der Waals surface area contributed by atoms with Gasteiger partial charge in [0.25, 0.3) is 0 Å². The molecule has 0 bridgehead atoms. The first kappa shape index (κ1) is 14.1. The molecule has 0 aliphatic carbocycles. The van der Waals surface area contributed by atoms with Gasteiger partial charge in [-0.15, -0.1) is 0 Å². The minimum absolute atomic E-state index is 0.246. The summed E-state index contributed by atoms with van der Waals surface area (Å²) in [5.74, 6) is 1.04. The van der Waals surface area contributed by atoms with Crippen LogP contribution in [0.4, 0.5) is 11.6 Å². The second-order valence-electron chi connectivity index (χ2n) is 4.88. The number of nitro groups is 1. The first-order chi connectivity index (χ1) is 10.7. The summed E-state index contributed by atoms with van der Waals surface area (Å²) in [5, 5.41) is 10.7. The first-order valence-corrected chi connectivity index (χ1v) is 6.82. The van der Waals surface area contributed by atoms with Gasteiger partial charge in [-0.1, -0.05) is 0 Å². The van der Waals surface area contributed by atoms with Crippen molar-refractivity contribution < 1.29 is 14.1 Å². The van der Waals surface area contributed by atoms with Crippen LogP contribution in [0.25, 0.3) is 0 Å². The fourth-order valence-corrected chi connectivity index (χ4v) is 2.39. The van der Waals surface area contributed by atoms with E-state index in [0.29, 0.717) is 18.8 Å². The highest BCUT2D eigenvalue weighted by Gasteiger charge is 2.23. The van der Waals surface area contributed by atoms with E-state index in [9.17, 15) is 10.1 Å². The van der Waals surface area contributed by atoms with Crippen molar-refractivity contribution >= 4 is 17.8 Å². The molecular weight excluding hydrogens is 286 g/mol. The zero-order valence-electron chi connectivity index (χ0n) is 12.0. The molecule has 3 rings (SSSR count). The van der Waals surface area contributed by atoms with Gasteiger partial charge in [-0.05, 0) is 30.3 Å². The highest BCUT2D eigenvalue weighted by atomic mass is 16.6. The van der Waals surface area contributed by atoms with Crippen molar-refractivity contribution in [2.75, 3.05) is 25.1 Å². The summed E-state index contributed by atoms with van der Waals surface area (Å²) < 4.78 is 10.4. The maximum absolute atomic E-state index is 10.7. The quantitative estimate of drug-likeness (QED) is 0.640. The van der Waals surface area contributed by atoms with Crippen molar-refractivity contribution in [3.8, 4) is 5.75 Å². The van der Waals surface area contributed by atoms with Crippen molar-refractivity contribution in [2.24, 2.45) is 4.99 Å². The number of rotatable bonds is 4. The number of nitrogens with zero attached hydrogens (tertiary/aromatic N) is 3. The summed E-state index contributed by atoms with van der Waals surface area (Å²) in [4.78, 5) is 16.7. The Morgan fingerprint density at radius 3 is 2.73 bits per heavy atom. The third kappa shape index (κ3) is 2.78. The van der Waals surface area contributed by atoms with E-state index < -0.39 is 4.92 Å². The van der Waals surface area contributed by atoms with Gasteiger partial charge in [-0.3, -0.25) is 15.1 Å². The van der Waals surface area contributed by atoms with E-state index in [4.69, 9.17) is 9.15 Å². The van der Waals surface area contributed by atoms with Gasteiger partial charge < -0.3 is 14.1 Å². The van der Waals surface area contributed by atoms with Crippen LogP contribution in [0.5, 0.6) is 5.75 Å². The number of ether oxygens (including phenoxy) is 1. The Bertz CT molecular complexity index is 693. The number of benzene rings is 1. The SMILES string of the molecule is COc1ccc(N2CC=NC(c3ccc([N+](=O)[O-])o3)C2)cc1. The predicted octanol–water partition coefficient (Wildman–Crippen LogP) is 2.83. The van der Waals surface area contributed by atoms with E-state index in [1.54, 1.807) is 19.4 Å². The molecule has 1 aromatic carbocycles. The zero-order valence-corrected chi connectivity index (χ0v) is 12.0. The van der Waals surface area contributed by atoms with Crippen molar-refractivity contribution in [1.29, 1.82) is 0 Å². The van der Waals surface area contributed by atoms with Gasteiger partial charge >= 0.3 is 5.88 Å². The summed E-state index contributed by atoms with van der Waals surface area (Å²) >= 11 is 0. The van der Waals surface area contributed by atoms with Gasteiger partial charge in [0, 0.05) is 18.4 Å². The number of hydrogen-bond donors (Lipinski definition) is 0. The molecule has 7 heteroatoms. The molecule has 0 radical (unpaired) electrons. The van der Waals surface area contributed by atoms with E-state index in [0.717, 1.165) is 11.4 Å². The second-order valence-corrected chi connectivity index (χ2v) is 4.88. The molecule has 0 amide bonds. The van der Waals surface area contributed by atoms with Gasteiger partial charge in [0.2, 0.25) is 0 Å². The standard InChI is InChI=1S/C15H15N3O4/c1-21-12-4-2-11(3-5-12)17-9-8-16-13(10-17)14-6-7-15(22-14)18(19)20/h2-8,13H,9-10H2,1H3. The number of methoxy groups -OCH3 is 1. The van der Waals surface area contributed by atoms with E-state index in [1.165, 1.54) is 6.07 Å². The number of furan rings is 1. The van der Waals surface area contributed by atoms with Gasteiger partial charge in [0.1, 0.15) is 22.5 Å². The van der Waals surface area contributed by atoms with Gasteiger partial charge in [0.05, 0.1) is 19.7 Å². The molecule has 0 saturated heterocycles. The van der Waals surface area contributed by atoms with Gasteiger partial charge in [-0.25, -0.2) is 0 Å². The molecule has 7 nitrogen and oxygen atoms in total. The molecule has 0 fully saturated rings. The van der Waals surface area contributed by atoms with Crippen LogP contribution in [-0.4, -0.2) is 31.3 Å². The topological polar surface area (TPSA) is 81.1 Å². The zero-order chi connectivity index (χ0) is 15.5. The fourth-order valence-electron chi connectivity index (χ4n) is 2.39. The van der Waals surface area contributed by atoms with Crippen molar-refractivity contribution in [3.63, 3.8) is 0 Å². The lowest BCUT2D eigenvalue weighted by molar-refractivity contribution is -0.402. The Morgan fingerprint density at radius 2 is 2.09 bits per heavy atom. The minimum Gasteiger partial charge on any atom is -0.497 e.